The summed E-state index contributed by atoms with van der Waals surface area (Å²) >= 11 is 1.34. The molecule has 1 saturated carbocycles. The van der Waals surface area contributed by atoms with Gasteiger partial charge in [-0.1, -0.05) is 23.9 Å². The van der Waals surface area contributed by atoms with Gasteiger partial charge < -0.3 is 0 Å². The molecule has 1 aliphatic rings. The van der Waals surface area contributed by atoms with Crippen molar-refractivity contribution in [3.8, 4) is 5.69 Å². The first kappa shape index (κ1) is 16.6. The highest BCUT2D eigenvalue weighted by Crippen LogP contribution is 2.28. The zero-order chi connectivity index (χ0) is 17.1. The molecule has 2 amide bonds. The Bertz CT molecular complexity index is 768. The van der Waals surface area contributed by atoms with E-state index in [0.717, 1.165) is 29.2 Å². The number of hydrazine groups is 1. The van der Waals surface area contributed by atoms with E-state index in [1.54, 1.807) is 6.20 Å². The van der Waals surface area contributed by atoms with Gasteiger partial charge in [0.1, 0.15) is 0 Å². The number of imidazole rings is 1. The maximum atomic E-state index is 11.9. The van der Waals surface area contributed by atoms with Crippen LogP contribution in [0.4, 0.5) is 0 Å². The molecule has 24 heavy (non-hydrogen) atoms. The molecule has 3 rings (SSSR count). The van der Waals surface area contributed by atoms with Crippen LogP contribution in [0.1, 0.15) is 24.0 Å². The molecule has 2 aromatic rings. The largest absolute Gasteiger partial charge is 0.295 e. The molecule has 0 radical (unpaired) electrons. The summed E-state index contributed by atoms with van der Waals surface area (Å²) in [6.45, 7) is 4.09. The van der Waals surface area contributed by atoms with Crippen LogP contribution in [0.3, 0.4) is 0 Å². The number of carbonyl (C=O) groups is 2. The Morgan fingerprint density at radius 2 is 2.08 bits per heavy atom. The van der Waals surface area contributed by atoms with Gasteiger partial charge in [0.25, 0.3) is 0 Å². The molecule has 6 nitrogen and oxygen atoms in total. The Labute approximate surface area is 145 Å². The zero-order valence-electron chi connectivity index (χ0n) is 13.7. The third-order valence-corrected chi connectivity index (χ3v) is 4.80. The number of aryl methyl sites for hydroxylation is 2. The van der Waals surface area contributed by atoms with Crippen molar-refractivity contribution in [2.75, 3.05) is 5.75 Å². The summed E-state index contributed by atoms with van der Waals surface area (Å²) in [5.41, 5.74) is 8.27. The summed E-state index contributed by atoms with van der Waals surface area (Å²) in [4.78, 5) is 27.7. The van der Waals surface area contributed by atoms with E-state index in [2.05, 4.69) is 34.0 Å². The van der Waals surface area contributed by atoms with Gasteiger partial charge >= 0.3 is 0 Å². The number of hydrogen-bond acceptors (Lipinski definition) is 4. The lowest BCUT2D eigenvalue weighted by molar-refractivity contribution is -0.128. The Morgan fingerprint density at radius 1 is 1.29 bits per heavy atom. The van der Waals surface area contributed by atoms with Gasteiger partial charge in [0.15, 0.2) is 5.16 Å². The number of thioether (sulfide) groups is 1. The van der Waals surface area contributed by atoms with Crippen molar-refractivity contribution in [2.45, 2.75) is 31.8 Å². The van der Waals surface area contributed by atoms with Gasteiger partial charge in [-0.2, -0.15) is 0 Å². The first-order valence-electron chi connectivity index (χ1n) is 7.87. The second-order valence-electron chi connectivity index (χ2n) is 5.97. The Hall–Kier alpha value is -2.28. The monoisotopic (exact) mass is 344 g/mol. The van der Waals surface area contributed by atoms with E-state index in [1.165, 1.54) is 17.3 Å². The SMILES string of the molecule is Cc1ccc(C)c(-n2ccnc2SCC(=O)NNC(=O)C2CC2)c1. The predicted molar refractivity (Wildman–Crippen MR) is 92.8 cm³/mol. The van der Waals surface area contributed by atoms with E-state index in [0.29, 0.717) is 0 Å². The molecule has 126 valence electrons. The molecule has 0 spiro atoms. The van der Waals surface area contributed by atoms with Crippen molar-refractivity contribution in [1.29, 1.82) is 0 Å². The highest BCUT2D eigenvalue weighted by molar-refractivity contribution is 7.99. The Kier molecular flexibility index (Phi) is 4.89. The third-order valence-electron chi connectivity index (χ3n) is 3.84. The van der Waals surface area contributed by atoms with Crippen molar-refractivity contribution in [3.05, 3.63) is 41.7 Å². The number of aromatic nitrogens is 2. The fraction of sp³-hybridized carbons (Fsp3) is 0.353. The van der Waals surface area contributed by atoms with Crippen LogP contribution in [0.15, 0.2) is 35.7 Å². The summed E-state index contributed by atoms with van der Waals surface area (Å²) < 4.78 is 1.98. The van der Waals surface area contributed by atoms with Crippen molar-refractivity contribution in [2.24, 2.45) is 5.92 Å². The molecule has 0 atom stereocenters. The lowest BCUT2D eigenvalue weighted by Gasteiger charge is -2.11. The summed E-state index contributed by atoms with van der Waals surface area (Å²) in [5, 5.41) is 0.743. The van der Waals surface area contributed by atoms with Crippen LogP contribution in [-0.2, 0) is 9.59 Å². The van der Waals surface area contributed by atoms with E-state index in [9.17, 15) is 9.59 Å². The van der Waals surface area contributed by atoms with Crippen LogP contribution in [0.2, 0.25) is 0 Å². The molecule has 1 fully saturated rings. The van der Waals surface area contributed by atoms with E-state index in [4.69, 9.17) is 0 Å². The van der Waals surface area contributed by atoms with Crippen LogP contribution in [0.25, 0.3) is 5.69 Å². The molecule has 2 N–H and O–H groups in total. The van der Waals surface area contributed by atoms with Gasteiger partial charge in [-0.3, -0.25) is 25.0 Å². The van der Waals surface area contributed by atoms with Gasteiger partial charge in [0, 0.05) is 18.3 Å². The van der Waals surface area contributed by atoms with E-state index < -0.39 is 0 Å². The molecular formula is C17H20N4O2S. The minimum atomic E-state index is -0.246. The van der Waals surface area contributed by atoms with Crippen molar-refractivity contribution in [3.63, 3.8) is 0 Å². The first-order valence-corrected chi connectivity index (χ1v) is 8.85. The molecule has 0 aliphatic heterocycles. The smallest absolute Gasteiger partial charge is 0.248 e. The maximum Gasteiger partial charge on any atom is 0.248 e. The average molecular weight is 344 g/mol. The average Bonchev–Trinajstić information content (AvgIpc) is 3.32. The third kappa shape index (κ3) is 3.97. The van der Waals surface area contributed by atoms with Crippen LogP contribution in [-0.4, -0.2) is 27.1 Å². The van der Waals surface area contributed by atoms with Crippen molar-refractivity contribution < 1.29 is 9.59 Å². The minimum Gasteiger partial charge on any atom is -0.295 e. The number of carbonyl (C=O) groups excluding carboxylic acids is 2. The molecule has 0 bridgehead atoms. The normalized spacial score (nSPS) is 13.6. The second-order valence-corrected chi connectivity index (χ2v) is 6.91. The molecule has 1 aromatic carbocycles. The number of nitrogens with one attached hydrogen (secondary N) is 2. The van der Waals surface area contributed by atoms with E-state index >= 15 is 0 Å². The fourth-order valence-electron chi connectivity index (χ4n) is 2.30. The number of rotatable bonds is 5. The van der Waals surface area contributed by atoms with Gasteiger partial charge in [0.2, 0.25) is 11.8 Å². The first-order chi connectivity index (χ1) is 11.5. The zero-order valence-corrected chi connectivity index (χ0v) is 14.5. The van der Waals surface area contributed by atoms with Gasteiger partial charge in [0.05, 0.1) is 11.4 Å². The Balaban J connectivity index is 1.60. The van der Waals surface area contributed by atoms with Crippen LogP contribution < -0.4 is 10.9 Å². The number of benzene rings is 1. The van der Waals surface area contributed by atoms with Crippen LogP contribution >= 0.6 is 11.8 Å². The van der Waals surface area contributed by atoms with E-state index in [1.807, 2.05) is 24.6 Å². The molecule has 0 saturated heterocycles. The highest BCUT2D eigenvalue weighted by Gasteiger charge is 2.29. The number of amides is 2. The summed E-state index contributed by atoms with van der Waals surface area (Å²) in [7, 11) is 0. The van der Waals surface area contributed by atoms with E-state index in [-0.39, 0.29) is 23.5 Å². The summed E-state index contributed by atoms with van der Waals surface area (Å²) in [6.07, 6.45) is 5.42. The summed E-state index contributed by atoms with van der Waals surface area (Å²) in [6, 6.07) is 6.23. The quantitative estimate of drug-likeness (QED) is 0.644. The molecule has 1 aliphatic carbocycles. The van der Waals surface area contributed by atoms with Crippen molar-refractivity contribution >= 4 is 23.6 Å². The predicted octanol–water partition coefficient (Wildman–Crippen LogP) is 2.14. The van der Waals surface area contributed by atoms with Gasteiger partial charge in [-0.15, -0.1) is 0 Å². The standard InChI is InChI=1S/C17H20N4O2S/c1-11-3-4-12(2)14(9-11)21-8-7-18-17(21)24-10-15(22)19-20-16(23)13-5-6-13/h3-4,7-9,13H,5-6,10H2,1-2H3,(H,19,22)(H,20,23). The van der Waals surface area contributed by atoms with Crippen molar-refractivity contribution in [1.82, 2.24) is 20.4 Å². The highest BCUT2D eigenvalue weighted by atomic mass is 32.2. The number of hydrogen-bond donors (Lipinski definition) is 2. The molecule has 7 heteroatoms. The number of nitrogens with zero attached hydrogens (tertiary/aromatic N) is 2. The van der Waals surface area contributed by atoms with Gasteiger partial charge in [-0.25, -0.2) is 4.98 Å². The van der Waals surface area contributed by atoms with Crippen LogP contribution in [0.5, 0.6) is 0 Å². The van der Waals surface area contributed by atoms with Gasteiger partial charge in [-0.05, 0) is 43.9 Å². The second kappa shape index (κ2) is 7.09. The Morgan fingerprint density at radius 3 is 2.83 bits per heavy atom. The molecular weight excluding hydrogens is 324 g/mol. The summed E-state index contributed by atoms with van der Waals surface area (Å²) in [5.74, 6) is -0.0943. The molecule has 1 aromatic heterocycles. The molecule has 0 unspecified atom stereocenters. The lowest BCUT2D eigenvalue weighted by Crippen LogP contribution is -2.43. The lowest BCUT2D eigenvalue weighted by atomic mass is 10.1. The van der Waals surface area contributed by atoms with Crippen LogP contribution in [0, 0.1) is 19.8 Å². The molecule has 1 heterocycles. The topological polar surface area (TPSA) is 76.0 Å². The fourth-order valence-corrected chi connectivity index (χ4v) is 3.07. The maximum absolute atomic E-state index is 11.9. The minimum absolute atomic E-state index is 0.0705.